The summed E-state index contributed by atoms with van der Waals surface area (Å²) in [5.74, 6) is 0.898. The first-order chi connectivity index (χ1) is 8.50. The van der Waals surface area contributed by atoms with Gasteiger partial charge in [0.2, 0.25) is 0 Å². The van der Waals surface area contributed by atoms with E-state index in [2.05, 4.69) is 37.2 Å². The van der Waals surface area contributed by atoms with Crippen molar-refractivity contribution >= 4 is 0 Å². The van der Waals surface area contributed by atoms with Crippen LogP contribution in [0.15, 0.2) is 0 Å². The Bertz CT molecular complexity index is 280. The minimum absolute atomic E-state index is 0.386. The first-order valence-corrected chi connectivity index (χ1v) is 7.37. The molecule has 1 aliphatic carbocycles. The largest absolute Gasteiger partial charge is 0.303 e. The summed E-state index contributed by atoms with van der Waals surface area (Å²) in [6, 6.07) is 2.90. The molecule has 0 spiro atoms. The molecular formula is C15H29N3. The lowest BCUT2D eigenvalue weighted by molar-refractivity contribution is 0.150. The molecule has 3 heteroatoms. The summed E-state index contributed by atoms with van der Waals surface area (Å²) in [6.45, 7) is 8.51. The van der Waals surface area contributed by atoms with Crippen LogP contribution in [0.1, 0.15) is 52.9 Å². The summed E-state index contributed by atoms with van der Waals surface area (Å²) in [5.41, 5.74) is -0.386. The maximum Gasteiger partial charge on any atom is 0.105 e. The van der Waals surface area contributed by atoms with Crippen molar-refractivity contribution < 1.29 is 0 Å². The fourth-order valence-electron chi connectivity index (χ4n) is 2.57. The lowest BCUT2D eigenvalue weighted by Crippen LogP contribution is -2.47. The van der Waals surface area contributed by atoms with Gasteiger partial charge < -0.3 is 4.90 Å². The highest BCUT2D eigenvalue weighted by Gasteiger charge is 2.28. The quantitative estimate of drug-likeness (QED) is 0.721. The lowest BCUT2D eigenvalue weighted by atomic mass is 9.84. The van der Waals surface area contributed by atoms with E-state index in [1.54, 1.807) is 0 Å². The Morgan fingerprint density at radius 1 is 1.50 bits per heavy atom. The number of hydrogen-bond acceptors (Lipinski definition) is 3. The molecule has 18 heavy (non-hydrogen) atoms. The molecule has 0 aromatic heterocycles. The van der Waals surface area contributed by atoms with Gasteiger partial charge in [-0.2, -0.15) is 5.26 Å². The maximum atomic E-state index is 9.35. The smallest absolute Gasteiger partial charge is 0.105 e. The highest BCUT2D eigenvalue weighted by Crippen LogP contribution is 2.28. The third-order valence-electron chi connectivity index (χ3n) is 4.24. The van der Waals surface area contributed by atoms with E-state index in [0.717, 1.165) is 25.3 Å². The van der Waals surface area contributed by atoms with E-state index in [9.17, 15) is 5.26 Å². The topological polar surface area (TPSA) is 39.1 Å². The second kappa shape index (κ2) is 7.11. The zero-order valence-electron chi connectivity index (χ0n) is 12.5. The molecule has 2 unspecified atom stereocenters. The van der Waals surface area contributed by atoms with Gasteiger partial charge in [0, 0.05) is 12.6 Å². The summed E-state index contributed by atoms with van der Waals surface area (Å²) >= 11 is 0. The molecule has 0 aromatic rings. The standard InChI is InChI=1S/C15H29N3/c1-5-9-17-15(3,12-16)10-13(2)18(4)11-14-7-6-8-14/h13-14,17H,5-11H2,1-4H3. The van der Waals surface area contributed by atoms with Crippen LogP contribution in [0.2, 0.25) is 0 Å². The average Bonchev–Trinajstić information content (AvgIpc) is 2.30. The van der Waals surface area contributed by atoms with Crippen molar-refractivity contribution in [2.75, 3.05) is 20.1 Å². The average molecular weight is 251 g/mol. The molecule has 1 rings (SSSR count). The van der Waals surface area contributed by atoms with Gasteiger partial charge >= 0.3 is 0 Å². The van der Waals surface area contributed by atoms with Gasteiger partial charge in [0.1, 0.15) is 5.54 Å². The van der Waals surface area contributed by atoms with Crippen LogP contribution in [0.25, 0.3) is 0 Å². The van der Waals surface area contributed by atoms with Gasteiger partial charge in [0.05, 0.1) is 6.07 Å². The Morgan fingerprint density at radius 3 is 2.61 bits per heavy atom. The van der Waals surface area contributed by atoms with Crippen LogP contribution in [-0.4, -0.2) is 36.6 Å². The first kappa shape index (κ1) is 15.5. The third kappa shape index (κ3) is 4.59. The van der Waals surface area contributed by atoms with E-state index in [1.807, 2.05) is 6.92 Å². The minimum atomic E-state index is -0.386. The van der Waals surface area contributed by atoms with Crippen molar-refractivity contribution in [3.8, 4) is 6.07 Å². The fraction of sp³-hybridized carbons (Fsp3) is 0.933. The lowest BCUT2D eigenvalue weighted by Gasteiger charge is -2.36. The number of rotatable bonds is 8. The van der Waals surface area contributed by atoms with Crippen LogP contribution >= 0.6 is 0 Å². The molecule has 0 aliphatic heterocycles. The Kier molecular flexibility index (Phi) is 6.11. The monoisotopic (exact) mass is 251 g/mol. The van der Waals surface area contributed by atoms with E-state index in [1.165, 1.54) is 25.8 Å². The van der Waals surface area contributed by atoms with Gasteiger partial charge in [-0.3, -0.25) is 5.32 Å². The molecule has 0 bridgehead atoms. The molecule has 1 aliphatic rings. The van der Waals surface area contributed by atoms with Gasteiger partial charge in [-0.05, 0) is 59.0 Å². The van der Waals surface area contributed by atoms with Gasteiger partial charge in [0.25, 0.3) is 0 Å². The Labute approximate surface area is 113 Å². The second-order valence-electron chi connectivity index (χ2n) is 6.16. The Balaban J connectivity index is 2.39. The fourth-order valence-corrected chi connectivity index (χ4v) is 2.57. The summed E-state index contributed by atoms with van der Waals surface area (Å²) in [5, 5.41) is 12.7. The van der Waals surface area contributed by atoms with Crippen LogP contribution in [0.5, 0.6) is 0 Å². The van der Waals surface area contributed by atoms with Crippen LogP contribution < -0.4 is 5.32 Å². The van der Waals surface area contributed by atoms with E-state index in [4.69, 9.17) is 0 Å². The zero-order chi connectivity index (χ0) is 13.6. The number of nitriles is 1. The maximum absolute atomic E-state index is 9.35. The Morgan fingerprint density at radius 2 is 2.17 bits per heavy atom. The second-order valence-corrected chi connectivity index (χ2v) is 6.16. The molecule has 1 fully saturated rings. The molecule has 0 heterocycles. The zero-order valence-corrected chi connectivity index (χ0v) is 12.5. The van der Waals surface area contributed by atoms with E-state index in [-0.39, 0.29) is 5.54 Å². The molecule has 3 nitrogen and oxygen atoms in total. The molecule has 1 N–H and O–H groups in total. The van der Waals surface area contributed by atoms with E-state index in [0.29, 0.717) is 6.04 Å². The summed E-state index contributed by atoms with van der Waals surface area (Å²) in [4.78, 5) is 2.42. The normalized spacial score (nSPS) is 21.1. The number of nitrogens with one attached hydrogen (secondary N) is 1. The van der Waals surface area contributed by atoms with E-state index < -0.39 is 0 Å². The molecule has 0 amide bonds. The molecule has 2 atom stereocenters. The van der Waals surface area contributed by atoms with Crippen molar-refractivity contribution in [1.82, 2.24) is 10.2 Å². The van der Waals surface area contributed by atoms with Crippen molar-refractivity contribution in [2.24, 2.45) is 5.92 Å². The highest BCUT2D eigenvalue weighted by atomic mass is 15.1. The molecule has 0 aromatic carbocycles. The van der Waals surface area contributed by atoms with Crippen LogP contribution in [0, 0.1) is 17.2 Å². The highest BCUT2D eigenvalue weighted by molar-refractivity contribution is 5.05. The van der Waals surface area contributed by atoms with Crippen LogP contribution in [0.4, 0.5) is 0 Å². The van der Waals surface area contributed by atoms with Crippen molar-refractivity contribution in [3.05, 3.63) is 0 Å². The number of nitrogens with zero attached hydrogens (tertiary/aromatic N) is 2. The van der Waals surface area contributed by atoms with Crippen LogP contribution in [0.3, 0.4) is 0 Å². The third-order valence-corrected chi connectivity index (χ3v) is 4.24. The number of hydrogen-bond donors (Lipinski definition) is 1. The van der Waals surface area contributed by atoms with Gasteiger partial charge in [-0.1, -0.05) is 13.3 Å². The van der Waals surface area contributed by atoms with Gasteiger partial charge in [0.15, 0.2) is 0 Å². The first-order valence-electron chi connectivity index (χ1n) is 7.37. The predicted molar refractivity (Wildman–Crippen MR) is 76.4 cm³/mol. The summed E-state index contributed by atoms with van der Waals surface area (Å²) < 4.78 is 0. The van der Waals surface area contributed by atoms with E-state index >= 15 is 0 Å². The molecule has 0 saturated heterocycles. The van der Waals surface area contributed by atoms with Crippen LogP contribution in [-0.2, 0) is 0 Å². The minimum Gasteiger partial charge on any atom is -0.303 e. The SMILES string of the molecule is CCCNC(C)(C#N)CC(C)N(C)CC1CCC1. The molecule has 104 valence electrons. The van der Waals surface area contributed by atoms with Gasteiger partial charge in [-0.25, -0.2) is 0 Å². The van der Waals surface area contributed by atoms with Crippen molar-refractivity contribution in [2.45, 2.75) is 64.5 Å². The summed E-state index contributed by atoms with van der Waals surface area (Å²) in [6.07, 6.45) is 6.15. The Hall–Kier alpha value is -0.590. The molecular weight excluding hydrogens is 222 g/mol. The molecule has 0 radical (unpaired) electrons. The molecule has 1 saturated carbocycles. The predicted octanol–water partition coefficient (Wildman–Crippen LogP) is 2.78. The summed E-state index contributed by atoms with van der Waals surface area (Å²) in [7, 11) is 2.20. The van der Waals surface area contributed by atoms with Crippen molar-refractivity contribution in [1.29, 1.82) is 5.26 Å². The van der Waals surface area contributed by atoms with Crippen molar-refractivity contribution in [3.63, 3.8) is 0 Å². The van der Waals surface area contributed by atoms with Gasteiger partial charge in [-0.15, -0.1) is 0 Å².